The van der Waals surface area contributed by atoms with Gasteiger partial charge in [-0.25, -0.2) is 0 Å². The summed E-state index contributed by atoms with van der Waals surface area (Å²) in [5.74, 6) is -0.313. The van der Waals surface area contributed by atoms with Gasteiger partial charge in [0, 0.05) is 24.9 Å². The zero-order valence-corrected chi connectivity index (χ0v) is 10.7. The van der Waals surface area contributed by atoms with E-state index < -0.39 is 12.1 Å². The van der Waals surface area contributed by atoms with Crippen molar-refractivity contribution in [1.29, 1.82) is 0 Å². The van der Waals surface area contributed by atoms with Crippen LogP contribution in [0.4, 0.5) is 4.39 Å². The Balaban J connectivity index is 3.22. The third kappa shape index (κ3) is 2.54. The number of hydrogen-bond acceptors (Lipinski definition) is 3. The lowest BCUT2D eigenvalue weighted by Gasteiger charge is -2.17. The molecule has 0 aliphatic heterocycles. The molecule has 4 nitrogen and oxygen atoms in total. The van der Waals surface area contributed by atoms with Crippen LogP contribution in [0.3, 0.4) is 0 Å². The topological polar surface area (TPSA) is 55.1 Å². The molecule has 0 aliphatic rings. The largest absolute Gasteiger partial charge is 0.396 e. The first kappa shape index (κ1) is 13.8. The number of carbonyl (C=O) groups is 1. The summed E-state index contributed by atoms with van der Waals surface area (Å²) in [6.07, 6.45) is 0.364. The molecular formula is C12H19FN2O2. The summed E-state index contributed by atoms with van der Waals surface area (Å²) in [6.45, 7) is 4.17. The molecule has 0 spiro atoms. The predicted molar refractivity (Wildman–Crippen MR) is 62.8 cm³/mol. The number of hydrogen-bond donors (Lipinski definition) is 1. The molecule has 96 valence electrons. The number of nitrogens with zero attached hydrogens (tertiary/aromatic N) is 2. The molecule has 0 unspecified atom stereocenters. The molecule has 1 heterocycles. The molecule has 17 heavy (non-hydrogen) atoms. The van der Waals surface area contributed by atoms with Gasteiger partial charge in [-0.05, 0) is 27.2 Å². The van der Waals surface area contributed by atoms with Crippen LogP contribution in [-0.4, -0.2) is 34.0 Å². The van der Waals surface area contributed by atoms with E-state index in [4.69, 9.17) is 5.11 Å². The van der Waals surface area contributed by atoms with E-state index in [0.29, 0.717) is 12.0 Å². The molecule has 0 fully saturated rings. The highest BCUT2D eigenvalue weighted by molar-refractivity contribution is 5.99. The van der Waals surface area contributed by atoms with Gasteiger partial charge >= 0.3 is 0 Å². The molecule has 1 N–H and O–H groups in total. The Labute approximate surface area is 100 Å². The molecule has 0 saturated heterocycles. The average Bonchev–Trinajstić information content (AvgIpc) is 2.56. The van der Waals surface area contributed by atoms with Crippen LogP contribution in [0, 0.1) is 12.3 Å². The fraction of sp³-hybridized carbons (Fsp3) is 0.667. The number of rotatable bonds is 5. The van der Waals surface area contributed by atoms with Crippen molar-refractivity contribution in [3.05, 3.63) is 17.0 Å². The van der Waals surface area contributed by atoms with E-state index in [9.17, 15) is 9.18 Å². The molecule has 0 amide bonds. The van der Waals surface area contributed by atoms with Crippen LogP contribution in [0.2, 0.25) is 0 Å². The first-order valence-corrected chi connectivity index (χ1v) is 5.59. The SMILES string of the molecule is Cc1c(CCO)c(C(=O)C(C)(C)CF)nn1C. The summed E-state index contributed by atoms with van der Waals surface area (Å²) in [6, 6.07) is 0. The summed E-state index contributed by atoms with van der Waals surface area (Å²) in [7, 11) is 1.73. The second-order valence-corrected chi connectivity index (χ2v) is 4.86. The number of halogens is 1. The molecule has 1 rings (SSSR count). The first-order valence-electron chi connectivity index (χ1n) is 5.59. The van der Waals surface area contributed by atoms with Gasteiger partial charge in [0.1, 0.15) is 12.4 Å². The smallest absolute Gasteiger partial charge is 0.191 e. The summed E-state index contributed by atoms with van der Waals surface area (Å²) in [5.41, 5.74) is 0.755. The molecule has 5 heteroatoms. The third-order valence-electron chi connectivity index (χ3n) is 2.98. The van der Waals surface area contributed by atoms with Gasteiger partial charge in [0.25, 0.3) is 0 Å². The highest BCUT2D eigenvalue weighted by Gasteiger charge is 2.33. The van der Waals surface area contributed by atoms with E-state index in [-0.39, 0.29) is 18.1 Å². The molecule has 1 aromatic rings. The van der Waals surface area contributed by atoms with E-state index in [1.54, 1.807) is 25.6 Å². The van der Waals surface area contributed by atoms with E-state index >= 15 is 0 Å². The number of carbonyl (C=O) groups excluding carboxylic acids is 1. The van der Waals surface area contributed by atoms with E-state index in [0.717, 1.165) is 5.69 Å². The van der Waals surface area contributed by atoms with Gasteiger partial charge in [0.15, 0.2) is 5.78 Å². The normalized spacial score (nSPS) is 11.9. The van der Waals surface area contributed by atoms with E-state index in [1.165, 1.54) is 0 Å². The maximum Gasteiger partial charge on any atom is 0.191 e. The third-order valence-corrected chi connectivity index (χ3v) is 2.98. The number of Topliss-reactive ketones (excluding diaryl/α,β-unsaturated/α-hetero) is 1. The highest BCUT2D eigenvalue weighted by atomic mass is 19.1. The molecule has 0 saturated carbocycles. The summed E-state index contributed by atoms with van der Waals surface area (Å²) in [5, 5.41) is 13.1. The Morgan fingerprint density at radius 1 is 1.53 bits per heavy atom. The van der Waals surface area contributed by atoms with Crippen molar-refractivity contribution in [3.63, 3.8) is 0 Å². The Hall–Kier alpha value is -1.23. The minimum absolute atomic E-state index is 0.0527. The van der Waals surface area contributed by atoms with Crippen molar-refractivity contribution in [2.75, 3.05) is 13.3 Å². The number of ketones is 1. The van der Waals surface area contributed by atoms with Crippen LogP contribution in [0.15, 0.2) is 0 Å². The fourth-order valence-electron chi connectivity index (χ4n) is 1.63. The molecule has 0 aromatic carbocycles. The van der Waals surface area contributed by atoms with Crippen molar-refractivity contribution < 1.29 is 14.3 Å². The van der Waals surface area contributed by atoms with Gasteiger partial charge in [0.2, 0.25) is 0 Å². The minimum Gasteiger partial charge on any atom is -0.396 e. The molecule has 0 radical (unpaired) electrons. The van der Waals surface area contributed by atoms with Gasteiger partial charge in [-0.3, -0.25) is 13.9 Å². The van der Waals surface area contributed by atoms with Gasteiger partial charge < -0.3 is 5.11 Å². The van der Waals surface area contributed by atoms with Crippen molar-refractivity contribution in [1.82, 2.24) is 9.78 Å². The Morgan fingerprint density at radius 2 is 2.12 bits per heavy atom. The van der Waals surface area contributed by atoms with Crippen LogP contribution in [0.25, 0.3) is 0 Å². The van der Waals surface area contributed by atoms with Crippen LogP contribution < -0.4 is 0 Å². The summed E-state index contributed by atoms with van der Waals surface area (Å²) >= 11 is 0. The molecule has 0 bridgehead atoms. The van der Waals surface area contributed by atoms with Crippen LogP contribution >= 0.6 is 0 Å². The zero-order chi connectivity index (χ0) is 13.2. The van der Waals surface area contributed by atoms with Crippen molar-refractivity contribution in [2.24, 2.45) is 12.5 Å². The number of aliphatic hydroxyl groups is 1. The maximum absolute atomic E-state index is 12.8. The van der Waals surface area contributed by atoms with Crippen LogP contribution in [-0.2, 0) is 13.5 Å². The van der Waals surface area contributed by atoms with E-state index in [2.05, 4.69) is 5.10 Å². The van der Waals surface area contributed by atoms with Crippen molar-refractivity contribution in [2.45, 2.75) is 27.2 Å². The number of aliphatic hydroxyl groups excluding tert-OH is 1. The van der Waals surface area contributed by atoms with E-state index in [1.807, 2.05) is 6.92 Å². The fourth-order valence-corrected chi connectivity index (χ4v) is 1.63. The maximum atomic E-state index is 12.8. The second kappa shape index (κ2) is 4.96. The number of aromatic nitrogens is 2. The lowest BCUT2D eigenvalue weighted by atomic mass is 9.86. The lowest BCUT2D eigenvalue weighted by molar-refractivity contribution is 0.0793. The summed E-state index contributed by atoms with van der Waals surface area (Å²) < 4.78 is 14.4. The van der Waals surface area contributed by atoms with Crippen molar-refractivity contribution in [3.8, 4) is 0 Å². The first-order chi connectivity index (χ1) is 7.85. The predicted octanol–water partition coefficient (Wildman–Crippen LogP) is 1.44. The zero-order valence-electron chi connectivity index (χ0n) is 10.7. The average molecular weight is 242 g/mol. The number of alkyl halides is 1. The van der Waals surface area contributed by atoms with Gasteiger partial charge in [0.05, 0.1) is 5.41 Å². The van der Waals surface area contributed by atoms with Crippen LogP contribution in [0.1, 0.15) is 35.6 Å². The molecular weight excluding hydrogens is 223 g/mol. The molecule has 0 aliphatic carbocycles. The Bertz CT molecular complexity index is 424. The summed E-state index contributed by atoms with van der Waals surface area (Å²) in [4.78, 5) is 12.2. The van der Waals surface area contributed by atoms with Crippen molar-refractivity contribution >= 4 is 5.78 Å². The second-order valence-electron chi connectivity index (χ2n) is 4.86. The van der Waals surface area contributed by atoms with Crippen LogP contribution in [0.5, 0.6) is 0 Å². The minimum atomic E-state index is -1.06. The molecule has 0 atom stereocenters. The quantitative estimate of drug-likeness (QED) is 0.795. The van der Waals surface area contributed by atoms with Gasteiger partial charge in [-0.15, -0.1) is 0 Å². The number of aryl methyl sites for hydroxylation is 1. The van der Waals surface area contributed by atoms with Gasteiger partial charge in [-0.2, -0.15) is 5.10 Å². The molecule has 1 aromatic heterocycles. The highest BCUT2D eigenvalue weighted by Crippen LogP contribution is 2.25. The lowest BCUT2D eigenvalue weighted by Crippen LogP contribution is -2.28. The Morgan fingerprint density at radius 3 is 2.59 bits per heavy atom. The standard InChI is InChI=1S/C12H19FN2O2/c1-8-9(5-6-16)10(14-15(8)4)11(17)12(2,3)7-13/h16H,5-7H2,1-4H3. The monoisotopic (exact) mass is 242 g/mol. The Kier molecular flexibility index (Phi) is 4.03. The van der Waals surface area contributed by atoms with Gasteiger partial charge in [-0.1, -0.05) is 0 Å².